The van der Waals surface area contributed by atoms with E-state index in [9.17, 15) is 22.4 Å². The molecule has 2 amide bonds. The van der Waals surface area contributed by atoms with Crippen molar-refractivity contribution < 1.29 is 36.6 Å². The highest BCUT2D eigenvalue weighted by Crippen LogP contribution is 2.36. The fraction of sp³-hybridized carbons (Fsp3) is 0.290. The Morgan fingerprint density at radius 1 is 0.907 bits per heavy atom. The molecule has 0 radical (unpaired) electrons. The summed E-state index contributed by atoms with van der Waals surface area (Å²) in [5.41, 5.74) is 0.0433. The number of aromatic nitrogens is 1. The molecule has 12 heteroatoms. The molecule has 0 aliphatic carbocycles. The number of carbonyl (C=O) groups excluding carboxylic acids is 1. The van der Waals surface area contributed by atoms with Crippen molar-refractivity contribution in [2.45, 2.75) is 26.9 Å². The summed E-state index contributed by atoms with van der Waals surface area (Å²) in [6, 6.07) is 13.3. The van der Waals surface area contributed by atoms with Crippen LogP contribution in [0.15, 0.2) is 60.7 Å². The van der Waals surface area contributed by atoms with Crippen LogP contribution in [0.3, 0.4) is 0 Å². The van der Waals surface area contributed by atoms with Crippen LogP contribution >= 0.6 is 0 Å². The van der Waals surface area contributed by atoms with Gasteiger partial charge in [0, 0.05) is 29.4 Å². The van der Waals surface area contributed by atoms with Gasteiger partial charge in [0.05, 0.1) is 23.9 Å². The number of benzene rings is 3. The number of amides is 2. The lowest BCUT2D eigenvalue weighted by Gasteiger charge is -2.19. The van der Waals surface area contributed by atoms with Crippen LogP contribution in [0.2, 0.25) is 0 Å². The summed E-state index contributed by atoms with van der Waals surface area (Å²) in [5.74, 6) is 0.736. The van der Waals surface area contributed by atoms with E-state index in [-0.39, 0.29) is 5.69 Å². The number of alkyl halides is 3. The number of nitrogens with one attached hydrogen (secondary N) is 2. The molecule has 0 aliphatic rings. The van der Waals surface area contributed by atoms with Crippen molar-refractivity contribution in [3.05, 3.63) is 77.7 Å². The topological polar surface area (TPSA) is 85.0 Å². The van der Waals surface area contributed by atoms with E-state index in [4.69, 9.17) is 14.2 Å². The van der Waals surface area contributed by atoms with Gasteiger partial charge in [-0.05, 0) is 74.6 Å². The van der Waals surface area contributed by atoms with E-state index in [1.165, 1.54) is 0 Å². The van der Waals surface area contributed by atoms with E-state index in [0.717, 1.165) is 36.6 Å². The van der Waals surface area contributed by atoms with Crippen LogP contribution in [-0.4, -0.2) is 49.3 Å². The maximum atomic E-state index is 13.5. The Hall–Kier alpha value is -4.58. The van der Waals surface area contributed by atoms with E-state index in [1.807, 2.05) is 25.1 Å². The summed E-state index contributed by atoms with van der Waals surface area (Å²) < 4.78 is 69.9. The number of rotatable bonds is 11. The fourth-order valence-electron chi connectivity index (χ4n) is 4.31. The predicted molar refractivity (Wildman–Crippen MR) is 157 cm³/mol. The highest BCUT2D eigenvalue weighted by atomic mass is 19.4. The van der Waals surface area contributed by atoms with E-state index in [2.05, 4.69) is 34.4 Å². The minimum Gasteiger partial charge on any atom is -0.493 e. The molecule has 3 aromatic carbocycles. The van der Waals surface area contributed by atoms with Gasteiger partial charge in [-0.2, -0.15) is 13.2 Å². The van der Waals surface area contributed by atoms with Gasteiger partial charge in [0.2, 0.25) is 0 Å². The number of likely N-dealkylation sites (N-methyl/N-ethyl adjacent to an activating group) is 1. The van der Waals surface area contributed by atoms with Gasteiger partial charge < -0.3 is 29.7 Å². The van der Waals surface area contributed by atoms with Crippen molar-refractivity contribution in [1.82, 2.24) is 9.88 Å². The fourth-order valence-corrected chi connectivity index (χ4v) is 4.31. The van der Waals surface area contributed by atoms with Crippen molar-refractivity contribution in [3.63, 3.8) is 0 Å². The predicted octanol–water partition coefficient (Wildman–Crippen LogP) is 7.87. The van der Waals surface area contributed by atoms with Crippen molar-refractivity contribution >= 4 is 28.3 Å². The summed E-state index contributed by atoms with van der Waals surface area (Å²) in [6.07, 6.45) is -4.89. The maximum Gasteiger partial charge on any atom is 0.419 e. The molecule has 0 unspecified atom stereocenters. The average Bonchev–Trinajstić information content (AvgIpc) is 2.97. The molecule has 4 aromatic rings. The molecule has 0 fully saturated rings. The van der Waals surface area contributed by atoms with Crippen molar-refractivity contribution in [2.24, 2.45) is 0 Å². The Bertz CT molecular complexity index is 1580. The molecule has 0 saturated carbocycles. The highest BCUT2D eigenvalue weighted by Gasteiger charge is 2.34. The van der Waals surface area contributed by atoms with Crippen LogP contribution < -0.4 is 24.8 Å². The first-order chi connectivity index (χ1) is 20.5. The Morgan fingerprint density at radius 3 is 2.21 bits per heavy atom. The van der Waals surface area contributed by atoms with Crippen LogP contribution in [0.25, 0.3) is 10.9 Å². The third-order valence-electron chi connectivity index (χ3n) is 6.67. The Kier molecular flexibility index (Phi) is 9.92. The van der Waals surface area contributed by atoms with Crippen LogP contribution in [0.5, 0.6) is 23.0 Å². The van der Waals surface area contributed by atoms with E-state index in [1.54, 1.807) is 31.4 Å². The third kappa shape index (κ3) is 8.04. The van der Waals surface area contributed by atoms with Gasteiger partial charge in [-0.25, -0.2) is 14.2 Å². The second kappa shape index (κ2) is 13.6. The lowest BCUT2D eigenvalue weighted by molar-refractivity contribution is -0.139. The van der Waals surface area contributed by atoms with Crippen LogP contribution in [0, 0.1) is 12.7 Å². The zero-order valence-corrected chi connectivity index (χ0v) is 24.1. The van der Waals surface area contributed by atoms with Gasteiger partial charge in [0.1, 0.15) is 23.9 Å². The molecular weight excluding hydrogens is 568 g/mol. The second-order valence-electron chi connectivity index (χ2n) is 9.54. The van der Waals surface area contributed by atoms with Gasteiger partial charge in [-0.15, -0.1) is 0 Å². The normalized spacial score (nSPS) is 11.5. The standard InChI is InChI=1S/C31H32F4N4O4/c1-5-39(6-2)13-14-42-29-18-26-20(16-28(29)41-4)15-27(19(3)36-26)43-23-10-7-21(8-11-23)37-30(40)38-22-9-12-25(32)24(17-22)31(33,34)35/h7-12,15-18H,5-6,13-14H2,1-4H3,(H2,37,38,40). The van der Waals surface area contributed by atoms with Crippen LogP contribution in [-0.2, 0) is 6.18 Å². The molecule has 0 aliphatic heterocycles. The summed E-state index contributed by atoms with van der Waals surface area (Å²) in [5, 5.41) is 5.57. The number of methoxy groups -OCH3 is 1. The Morgan fingerprint density at radius 2 is 1.56 bits per heavy atom. The van der Waals surface area contributed by atoms with Gasteiger partial charge in [-0.1, -0.05) is 13.8 Å². The number of fused-ring (bicyclic) bond motifs is 1. The number of nitrogens with zero attached hydrogens (tertiary/aromatic N) is 2. The van der Waals surface area contributed by atoms with Crippen molar-refractivity contribution in [1.29, 1.82) is 0 Å². The number of carbonyl (C=O) groups is 1. The zero-order valence-electron chi connectivity index (χ0n) is 24.1. The van der Waals surface area contributed by atoms with E-state index in [0.29, 0.717) is 53.1 Å². The van der Waals surface area contributed by atoms with Crippen molar-refractivity contribution in [2.75, 3.05) is 44.0 Å². The molecule has 8 nitrogen and oxygen atoms in total. The van der Waals surface area contributed by atoms with Crippen LogP contribution in [0.4, 0.5) is 33.7 Å². The Labute approximate surface area is 246 Å². The van der Waals surface area contributed by atoms with Crippen molar-refractivity contribution in [3.8, 4) is 23.0 Å². The lowest BCUT2D eigenvalue weighted by Crippen LogP contribution is -2.27. The molecule has 1 aromatic heterocycles. The lowest BCUT2D eigenvalue weighted by atomic mass is 10.1. The monoisotopic (exact) mass is 600 g/mol. The van der Waals surface area contributed by atoms with Crippen LogP contribution in [0.1, 0.15) is 25.1 Å². The SMILES string of the molecule is CCN(CC)CCOc1cc2nc(C)c(Oc3ccc(NC(=O)Nc4ccc(F)c(C(F)(F)F)c4)cc3)cc2cc1OC. The minimum absolute atomic E-state index is 0.208. The largest absolute Gasteiger partial charge is 0.493 e. The van der Waals surface area contributed by atoms with Gasteiger partial charge in [0.15, 0.2) is 11.5 Å². The molecule has 4 rings (SSSR count). The number of anilines is 2. The molecule has 228 valence electrons. The number of ether oxygens (including phenoxy) is 3. The summed E-state index contributed by atoms with van der Waals surface area (Å²) in [6.45, 7) is 9.23. The van der Waals surface area contributed by atoms with Gasteiger partial charge in [-0.3, -0.25) is 0 Å². The average molecular weight is 601 g/mol. The zero-order chi connectivity index (χ0) is 31.1. The maximum absolute atomic E-state index is 13.5. The third-order valence-corrected chi connectivity index (χ3v) is 6.67. The summed E-state index contributed by atoms with van der Waals surface area (Å²) in [7, 11) is 1.58. The molecule has 0 atom stereocenters. The minimum atomic E-state index is -4.89. The van der Waals surface area contributed by atoms with Gasteiger partial charge >= 0.3 is 12.2 Å². The molecule has 1 heterocycles. The number of hydrogen-bond acceptors (Lipinski definition) is 6. The molecule has 0 bridgehead atoms. The summed E-state index contributed by atoms with van der Waals surface area (Å²) >= 11 is 0. The first-order valence-corrected chi connectivity index (χ1v) is 13.6. The number of aryl methyl sites for hydroxylation is 1. The number of urea groups is 1. The smallest absolute Gasteiger partial charge is 0.419 e. The summed E-state index contributed by atoms with van der Waals surface area (Å²) in [4.78, 5) is 19.2. The van der Waals surface area contributed by atoms with E-state index >= 15 is 0 Å². The number of pyridine rings is 1. The highest BCUT2D eigenvalue weighted by molar-refractivity contribution is 5.99. The number of hydrogen-bond donors (Lipinski definition) is 2. The molecule has 0 saturated heterocycles. The first kappa shape index (κ1) is 31.4. The Balaban J connectivity index is 1.42. The van der Waals surface area contributed by atoms with E-state index < -0.39 is 23.6 Å². The second-order valence-corrected chi connectivity index (χ2v) is 9.54. The van der Waals surface area contributed by atoms with Gasteiger partial charge in [0.25, 0.3) is 0 Å². The molecule has 2 N–H and O–H groups in total. The number of halogens is 4. The quantitative estimate of drug-likeness (QED) is 0.171. The first-order valence-electron chi connectivity index (χ1n) is 13.6. The molecule has 43 heavy (non-hydrogen) atoms. The molecule has 0 spiro atoms. The molecular formula is C31H32F4N4O4.